The van der Waals surface area contributed by atoms with Gasteiger partial charge in [0.05, 0.1) is 12.7 Å². The number of carbonyl (C=O) groups excluding carboxylic acids is 2. The van der Waals surface area contributed by atoms with Crippen LogP contribution in [0.2, 0.25) is 0 Å². The highest BCUT2D eigenvalue weighted by Crippen LogP contribution is 2.31. The number of rotatable bonds is 8. The topological polar surface area (TPSA) is 128 Å². The molecule has 0 unspecified atom stereocenters. The highest BCUT2D eigenvalue weighted by Gasteiger charge is 2.29. The van der Waals surface area contributed by atoms with Crippen LogP contribution < -0.4 is 20.5 Å². The molecule has 0 radical (unpaired) electrons. The first-order chi connectivity index (χ1) is 14.8. The number of amides is 2. The molecule has 31 heavy (non-hydrogen) atoms. The fourth-order valence-electron chi connectivity index (χ4n) is 3.34. The van der Waals surface area contributed by atoms with Crippen molar-refractivity contribution in [1.82, 2.24) is 4.31 Å². The standard InChI is InChI=1S/C21H25N3O6S/c1-29-18-10-9-15(13-19(18)31(27,28)24-11-5-2-6-12-24)23-20(25)14-30-17-8-4-3-7-16(17)21(22)26/h3-4,7-10,13H,2,5-6,11-12,14H2,1H3,(H2,22,26)(H,23,25). The molecule has 9 nitrogen and oxygen atoms in total. The lowest BCUT2D eigenvalue weighted by molar-refractivity contribution is -0.118. The molecule has 166 valence electrons. The second-order valence-corrected chi connectivity index (χ2v) is 8.93. The van der Waals surface area contributed by atoms with E-state index < -0.39 is 21.8 Å². The summed E-state index contributed by atoms with van der Waals surface area (Å²) in [6.07, 6.45) is 2.61. The molecule has 1 aliphatic heterocycles. The van der Waals surface area contributed by atoms with E-state index >= 15 is 0 Å². The van der Waals surface area contributed by atoms with Crippen LogP contribution in [0.3, 0.4) is 0 Å². The van der Waals surface area contributed by atoms with Crippen LogP contribution in [0.4, 0.5) is 5.69 Å². The molecule has 0 spiro atoms. The van der Waals surface area contributed by atoms with E-state index in [1.54, 1.807) is 18.2 Å². The quantitative estimate of drug-likeness (QED) is 0.637. The van der Waals surface area contributed by atoms with E-state index in [1.165, 1.54) is 35.7 Å². The normalized spacial score (nSPS) is 14.6. The van der Waals surface area contributed by atoms with E-state index in [0.29, 0.717) is 13.1 Å². The number of piperidine rings is 1. The van der Waals surface area contributed by atoms with E-state index in [2.05, 4.69) is 5.32 Å². The molecule has 2 amide bonds. The Morgan fingerprint density at radius 1 is 1.06 bits per heavy atom. The van der Waals surface area contributed by atoms with Gasteiger partial charge in [-0.2, -0.15) is 4.31 Å². The van der Waals surface area contributed by atoms with E-state index in [1.807, 2.05) is 0 Å². The van der Waals surface area contributed by atoms with Crippen molar-refractivity contribution in [2.24, 2.45) is 5.73 Å². The average molecular weight is 448 g/mol. The van der Waals surface area contributed by atoms with Crippen LogP contribution in [-0.2, 0) is 14.8 Å². The van der Waals surface area contributed by atoms with Gasteiger partial charge in [0.25, 0.3) is 11.8 Å². The Morgan fingerprint density at radius 2 is 1.77 bits per heavy atom. The molecular formula is C21H25N3O6S. The first-order valence-electron chi connectivity index (χ1n) is 9.82. The Hall–Kier alpha value is -3.11. The molecule has 3 N–H and O–H groups in total. The van der Waals surface area contributed by atoms with Crippen molar-refractivity contribution in [1.29, 1.82) is 0 Å². The van der Waals surface area contributed by atoms with Crippen LogP contribution >= 0.6 is 0 Å². The van der Waals surface area contributed by atoms with Crippen LogP contribution in [0.25, 0.3) is 0 Å². The predicted octanol–water partition coefficient (Wildman–Crippen LogP) is 1.99. The largest absolute Gasteiger partial charge is 0.495 e. The minimum atomic E-state index is -3.76. The maximum absolute atomic E-state index is 13.1. The number of sulfonamides is 1. The van der Waals surface area contributed by atoms with Crippen LogP contribution in [0.5, 0.6) is 11.5 Å². The zero-order valence-electron chi connectivity index (χ0n) is 17.2. The number of ether oxygens (including phenoxy) is 2. The number of hydrogen-bond acceptors (Lipinski definition) is 6. The molecule has 0 aliphatic carbocycles. The summed E-state index contributed by atoms with van der Waals surface area (Å²) in [5, 5.41) is 2.61. The fourth-order valence-corrected chi connectivity index (χ4v) is 5.04. The number of anilines is 1. The number of methoxy groups -OCH3 is 1. The monoisotopic (exact) mass is 447 g/mol. The minimum absolute atomic E-state index is 0.00491. The van der Waals surface area contributed by atoms with Crippen molar-refractivity contribution in [3.63, 3.8) is 0 Å². The summed E-state index contributed by atoms with van der Waals surface area (Å²) < 4.78 is 38.2. The summed E-state index contributed by atoms with van der Waals surface area (Å²) in [4.78, 5) is 23.8. The average Bonchev–Trinajstić information content (AvgIpc) is 2.78. The lowest BCUT2D eigenvalue weighted by Crippen LogP contribution is -2.35. The van der Waals surface area contributed by atoms with Gasteiger partial charge < -0.3 is 20.5 Å². The number of carbonyl (C=O) groups is 2. The van der Waals surface area contributed by atoms with Gasteiger partial charge in [0, 0.05) is 18.8 Å². The lowest BCUT2D eigenvalue weighted by Gasteiger charge is -2.26. The van der Waals surface area contributed by atoms with Crippen molar-refractivity contribution >= 4 is 27.5 Å². The van der Waals surface area contributed by atoms with Gasteiger partial charge in [0.1, 0.15) is 16.4 Å². The Morgan fingerprint density at radius 3 is 2.45 bits per heavy atom. The van der Waals surface area contributed by atoms with Gasteiger partial charge >= 0.3 is 0 Å². The van der Waals surface area contributed by atoms with Gasteiger partial charge in [0.15, 0.2) is 6.61 Å². The number of nitrogens with two attached hydrogens (primary N) is 1. The van der Waals surface area contributed by atoms with Crippen LogP contribution in [0, 0.1) is 0 Å². The van der Waals surface area contributed by atoms with Crippen LogP contribution in [-0.4, -0.2) is 51.3 Å². The van der Waals surface area contributed by atoms with Gasteiger partial charge in [-0.1, -0.05) is 18.6 Å². The first-order valence-corrected chi connectivity index (χ1v) is 11.3. The van der Waals surface area contributed by atoms with E-state index in [-0.39, 0.29) is 34.3 Å². The number of nitrogens with one attached hydrogen (secondary N) is 1. The molecule has 0 aromatic heterocycles. The molecule has 0 saturated carbocycles. The number of primary amides is 1. The number of hydrogen-bond donors (Lipinski definition) is 2. The maximum Gasteiger partial charge on any atom is 0.262 e. The van der Waals surface area contributed by atoms with Gasteiger partial charge in [-0.25, -0.2) is 8.42 Å². The SMILES string of the molecule is COc1ccc(NC(=O)COc2ccccc2C(N)=O)cc1S(=O)(=O)N1CCCCC1. The van der Waals surface area contributed by atoms with E-state index in [9.17, 15) is 18.0 Å². The summed E-state index contributed by atoms with van der Waals surface area (Å²) >= 11 is 0. The molecule has 0 atom stereocenters. The molecule has 2 aromatic carbocycles. The van der Waals surface area contributed by atoms with E-state index in [0.717, 1.165) is 19.3 Å². The Labute approximate surface area is 181 Å². The maximum atomic E-state index is 13.1. The Kier molecular flexibility index (Phi) is 7.13. The molecule has 3 rings (SSSR count). The van der Waals surface area contributed by atoms with Crippen molar-refractivity contribution in [3.05, 3.63) is 48.0 Å². The summed E-state index contributed by atoms with van der Waals surface area (Å²) in [5.41, 5.74) is 5.75. The Bertz CT molecular complexity index is 1060. The molecule has 1 aliphatic rings. The summed E-state index contributed by atoms with van der Waals surface area (Å²) in [6.45, 7) is 0.523. The van der Waals surface area contributed by atoms with Gasteiger partial charge in [-0.15, -0.1) is 0 Å². The predicted molar refractivity (Wildman–Crippen MR) is 115 cm³/mol. The molecule has 1 heterocycles. The van der Waals surface area contributed by atoms with Crippen molar-refractivity contribution in [2.75, 3.05) is 32.1 Å². The third kappa shape index (κ3) is 5.33. The van der Waals surface area contributed by atoms with Crippen molar-refractivity contribution in [2.45, 2.75) is 24.2 Å². The first kappa shape index (κ1) is 22.6. The molecule has 1 saturated heterocycles. The third-order valence-electron chi connectivity index (χ3n) is 4.89. The lowest BCUT2D eigenvalue weighted by atomic mass is 10.2. The smallest absolute Gasteiger partial charge is 0.262 e. The van der Waals surface area contributed by atoms with Crippen LogP contribution in [0.1, 0.15) is 29.6 Å². The second-order valence-electron chi connectivity index (χ2n) is 7.03. The summed E-state index contributed by atoms with van der Waals surface area (Å²) in [5.74, 6) is -0.798. The van der Waals surface area contributed by atoms with Gasteiger partial charge in [0.2, 0.25) is 10.0 Å². The highest BCUT2D eigenvalue weighted by atomic mass is 32.2. The van der Waals surface area contributed by atoms with Crippen molar-refractivity contribution in [3.8, 4) is 11.5 Å². The zero-order valence-corrected chi connectivity index (χ0v) is 18.0. The Balaban J connectivity index is 1.74. The van der Waals surface area contributed by atoms with Gasteiger partial charge in [-0.3, -0.25) is 9.59 Å². The molecule has 0 bridgehead atoms. The molecular weight excluding hydrogens is 422 g/mol. The highest BCUT2D eigenvalue weighted by molar-refractivity contribution is 7.89. The number of benzene rings is 2. The minimum Gasteiger partial charge on any atom is -0.495 e. The summed E-state index contributed by atoms with van der Waals surface area (Å²) in [6, 6.07) is 10.7. The molecule has 1 fully saturated rings. The molecule has 2 aromatic rings. The third-order valence-corrected chi connectivity index (χ3v) is 6.81. The van der Waals surface area contributed by atoms with Gasteiger partial charge in [-0.05, 0) is 43.2 Å². The van der Waals surface area contributed by atoms with E-state index in [4.69, 9.17) is 15.2 Å². The summed E-state index contributed by atoms with van der Waals surface area (Å²) in [7, 11) is -2.36. The second kappa shape index (κ2) is 9.80. The number of para-hydroxylation sites is 1. The number of nitrogens with zero attached hydrogens (tertiary/aromatic N) is 1. The fraction of sp³-hybridized carbons (Fsp3) is 0.333. The van der Waals surface area contributed by atoms with Crippen molar-refractivity contribution < 1.29 is 27.5 Å². The molecule has 10 heteroatoms. The van der Waals surface area contributed by atoms with Crippen LogP contribution in [0.15, 0.2) is 47.4 Å². The zero-order chi connectivity index (χ0) is 22.4.